The first kappa shape index (κ1) is 8.83. The highest BCUT2D eigenvalue weighted by molar-refractivity contribution is 6.98. The molecule has 0 fully saturated rings. The van der Waals surface area contributed by atoms with Gasteiger partial charge in [0.05, 0.1) is 18.4 Å². The molecule has 0 aromatic heterocycles. The Morgan fingerprint density at radius 3 is 2.00 bits per heavy atom. The summed E-state index contributed by atoms with van der Waals surface area (Å²) in [6.45, 7) is 3.75. The lowest BCUT2D eigenvalue weighted by molar-refractivity contribution is 0.668. The van der Waals surface area contributed by atoms with Crippen molar-refractivity contribution in [3.05, 3.63) is 0 Å². The van der Waals surface area contributed by atoms with E-state index in [1.807, 2.05) is 0 Å². The molecular formula is C3H17NSi4. The van der Waals surface area contributed by atoms with Gasteiger partial charge in [-0.2, -0.15) is 0 Å². The summed E-state index contributed by atoms with van der Waals surface area (Å²) in [5.41, 5.74) is 0. The quantitative estimate of drug-likeness (QED) is 0.404. The number of rotatable bonds is 4. The topological polar surface area (TPSA) is 3.24 Å². The van der Waals surface area contributed by atoms with Crippen molar-refractivity contribution >= 4 is 37.9 Å². The fourth-order valence-electron chi connectivity index (χ4n) is 0.856. The molecule has 0 radical (unpaired) electrons. The van der Waals surface area contributed by atoms with Gasteiger partial charge in [-0.15, -0.1) is 0 Å². The van der Waals surface area contributed by atoms with Crippen LogP contribution in [-0.4, -0.2) is 48.7 Å². The van der Waals surface area contributed by atoms with E-state index in [0.29, 0.717) is 18.4 Å². The molecule has 8 heavy (non-hydrogen) atoms. The Morgan fingerprint density at radius 1 is 1.38 bits per heavy atom. The van der Waals surface area contributed by atoms with Gasteiger partial charge in [-0.3, -0.25) is 0 Å². The van der Waals surface area contributed by atoms with E-state index in [-0.39, 0.29) is 0 Å². The minimum atomic E-state index is 0.386. The molecule has 0 heterocycles. The van der Waals surface area contributed by atoms with Gasteiger partial charge >= 0.3 is 0 Å². The molecule has 50 valence electrons. The van der Waals surface area contributed by atoms with Gasteiger partial charge in [-0.05, 0) is 13.0 Å². The molecule has 0 saturated carbocycles. The van der Waals surface area contributed by atoms with Gasteiger partial charge in [-0.1, -0.05) is 6.92 Å². The molecule has 0 unspecified atom stereocenters. The largest absolute Gasteiger partial charge is 0.360 e. The third-order valence-electron chi connectivity index (χ3n) is 1.43. The molecule has 0 saturated heterocycles. The van der Waals surface area contributed by atoms with Crippen LogP contribution in [0.4, 0.5) is 0 Å². The maximum atomic E-state index is 2.83. The minimum absolute atomic E-state index is 0.386. The predicted octanol–water partition coefficient (Wildman–Crippen LogP) is -3.57. The highest BCUT2D eigenvalue weighted by atomic mass is 29.2. The van der Waals surface area contributed by atoms with Crippen LogP contribution in [0.3, 0.4) is 0 Å². The fraction of sp³-hybridized carbons (Fsp3) is 1.00. The van der Waals surface area contributed by atoms with Crippen molar-refractivity contribution in [2.24, 2.45) is 0 Å². The van der Waals surface area contributed by atoms with Gasteiger partial charge in [0.15, 0.2) is 0 Å². The van der Waals surface area contributed by atoms with Crippen molar-refractivity contribution < 1.29 is 0 Å². The van der Waals surface area contributed by atoms with Gasteiger partial charge in [0.1, 0.15) is 0 Å². The van der Waals surface area contributed by atoms with Gasteiger partial charge in [0.2, 0.25) is 0 Å². The Bertz CT molecular complexity index is 46.5. The zero-order chi connectivity index (χ0) is 6.41. The first-order chi connectivity index (χ1) is 3.85. The monoisotopic (exact) mass is 179 g/mol. The third-order valence-corrected chi connectivity index (χ3v) is 17.3. The van der Waals surface area contributed by atoms with E-state index in [0.717, 1.165) is 0 Å². The van der Waals surface area contributed by atoms with E-state index >= 15 is 0 Å². The summed E-state index contributed by atoms with van der Waals surface area (Å²) in [6.07, 6.45) is 1.39. The molecule has 0 aliphatic rings. The normalized spacial score (nSPS) is 14.2. The average Bonchev–Trinajstić information content (AvgIpc) is 1.83. The smallest absolute Gasteiger partial charge is 0.0671 e. The minimum Gasteiger partial charge on any atom is -0.360 e. The van der Waals surface area contributed by atoms with Crippen LogP contribution < -0.4 is 0 Å². The predicted molar refractivity (Wildman–Crippen MR) is 54.0 cm³/mol. The summed E-state index contributed by atoms with van der Waals surface area (Å²) in [5, 5.41) is 0. The Kier molecular flexibility index (Phi) is 6.57. The molecular weight excluding hydrogens is 162 g/mol. The highest BCUT2D eigenvalue weighted by Crippen LogP contribution is 1.80. The van der Waals surface area contributed by atoms with E-state index < -0.39 is 0 Å². The lowest BCUT2D eigenvalue weighted by Gasteiger charge is -2.15. The molecule has 0 atom stereocenters. The van der Waals surface area contributed by atoms with Crippen molar-refractivity contribution in [1.29, 1.82) is 0 Å². The second-order valence-electron chi connectivity index (χ2n) is 2.03. The number of hydrogen-bond donors (Lipinski definition) is 0. The Morgan fingerprint density at radius 2 is 1.88 bits per heavy atom. The van der Waals surface area contributed by atoms with E-state index in [4.69, 9.17) is 0 Å². The maximum Gasteiger partial charge on any atom is 0.0671 e. The van der Waals surface area contributed by atoms with Crippen LogP contribution in [0.2, 0.25) is 0 Å². The summed E-state index contributed by atoms with van der Waals surface area (Å²) in [7, 11) is 3.81. The SMILES string of the molecule is CCCN([SiH2][SiH3])[SiH2][SiH3]. The first-order valence-corrected chi connectivity index (χ1v) is 16.1. The molecule has 0 spiro atoms. The fourth-order valence-corrected chi connectivity index (χ4v) is 21.9. The van der Waals surface area contributed by atoms with Gasteiger partial charge in [0.25, 0.3) is 0 Å². The zero-order valence-corrected chi connectivity index (χ0v) is 13.1. The van der Waals surface area contributed by atoms with Crippen LogP contribution in [-0.2, 0) is 0 Å². The van der Waals surface area contributed by atoms with E-state index in [9.17, 15) is 0 Å². The molecule has 1 nitrogen and oxygen atoms in total. The van der Waals surface area contributed by atoms with E-state index in [2.05, 4.69) is 11.2 Å². The van der Waals surface area contributed by atoms with Crippen LogP contribution in [0.15, 0.2) is 0 Å². The van der Waals surface area contributed by atoms with Crippen LogP contribution in [0.1, 0.15) is 13.3 Å². The second-order valence-corrected chi connectivity index (χ2v) is 9.77. The molecule has 0 aromatic carbocycles. The van der Waals surface area contributed by atoms with Crippen molar-refractivity contribution in [1.82, 2.24) is 4.23 Å². The molecule has 5 heteroatoms. The summed E-state index contributed by atoms with van der Waals surface area (Å²) < 4.78 is 2.83. The van der Waals surface area contributed by atoms with Crippen LogP contribution in [0.5, 0.6) is 0 Å². The first-order valence-electron chi connectivity index (χ1n) is 3.57. The van der Waals surface area contributed by atoms with Gasteiger partial charge < -0.3 is 4.23 Å². The third kappa shape index (κ3) is 3.78. The van der Waals surface area contributed by atoms with Crippen LogP contribution >= 0.6 is 0 Å². The molecule has 0 rings (SSSR count). The standard InChI is InChI=1S/C3H17NSi4/c1-2-3-4(7-5)8-6/h2-3,7-8H2,1,5-6H3. The molecule has 0 aliphatic carbocycles. The Labute approximate surface area is 62.5 Å². The van der Waals surface area contributed by atoms with E-state index in [1.54, 1.807) is 0 Å². The molecule has 0 amide bonds. The molecule has 0 aromatic rings. The number of hydrogen-bond acceptors (Lipinski definition) is 1. The average molecular weight is 180 g/mol. The Hall–Kier alpha value is 0.828. The van der Waals surface area contributed by atoms with Crippen molar-refractivity contribution in [3.8, 4) is 0 Å². The summed E-state index contributed by atoms with van der Waals surface area (Å²) >= 11 is 0. The summed E-state index contributed by atoms with van der Waals surface area (Å²) in [6, 6.07) is 0. The zero-order valence-electron chi connectivity index (χ0n) is 6.28. The van der Waals surface area contributed by atoms with Gasteiger partial charge in [-0.25, -0.2) is 0 Å². The van der Waals surface area contributed by atoms with Crippen molar-refractivity contribution in [2.45, 2.75) is 13.3 Å². The molecule has 0 aliphatic heterocycles. The van der Waals surface area contributed by atoms with Crippen LogP contribution in [0.25, 0.3) is 0 Å². The molecule has 0 N–H and O–H groups in total. The summed E-state index contributed by atoms with van der Waals surface area (Å²) in [5.74, 6) is 0. The Balaban J connectivity index is 3.07. The maximum absolute atomic E-state index is 2.83. The lowest BCUT2D eigenvalue weighted by Crippen LogP contribution is -2.33. The van der Waals surface area contributed by atoms with Gasteiger partial charge in [0, 0.05) is 19.5 Å². The molecule has 0 bridgehead atoms. The second kappa shape index (κ2) is 5.96. The summed E-state index contributed by atoms with van der Waals surface area (Å²) in [4.78, 5) is 0. The van der Waals surface area contributed by atoms with Crippen molar-refractivity contribution in [3.63, 3.8) is 0 Å². The number of nitrogens with zero attached hydrogens (tertiary/aromatic N) is 1. The van der Waals surface area contributed by atoms with E-state index in [1.165, 1.54) is 32.5 Å². The lowest BCUT2D eigenvalue weighted by atomic mass is 10.5. The van der Waals surface area contributed by atoms with Crippen molar-refractivity contribution in [2.75, 3.05) is 6.54 Å². The highest BCUT2D eigenvalue weighted by Gasteiger charge is 1.93. The van der Waals surface area contributed by atoms with Crippen LogP contribution in [0, 0.1) is 0 Å².